The van der Waals surface area contributed by atoms with Gasteiger partial charge >= 0.3 is 6.18 Å². The molecule has 5 nitrogen and oxygen atoms in total. The highest BCUT2D eigenvalue weighted by Crippen LogP contribution is 2.35. The van der Waals surface area contributed by atoms with Gasteiger partial charge in [0.25, 0.3) is 5.91 Å². The number of benzene rings is 1. The Kier molecular flexibility index (Phi) is 4.84. The van der Waals surface area contributed by atoms with E-state index in [1.807, 2.05) is 6.92 Å². The number of hydrogen-bond acceptors (Lipinski definition) is 3. The van der Waals surface area contributed by atoms with E-state index >= 15 is 0 Å². The van der Waals surface area contributed by atoms with E-state index in [1.54, 1.807) is 14.0 Å². The van der Waals surface area contributed by atoms with Crippen LogP contribution in [-0.2, 0) is 6.18 Å². The van der Waals surface area contributed by atoms with Crippen molar-refractivity contribution in [3.05, 3.63) is 57.5 Å². The number of carbonyl (C=O) groups is 1. The van der Waals surface area contributed by atoms with E-state index in [2.05, 4.69) is 5.10 Å². The lowest BCUT2D eigenvalue weighted by atomic mass is 10.1. The molecule has 144 valence electrons. The summed E-state index contributed by atoms with van der Waals surface area (Å²) in [6.07, 6.45) is -2.43. The minimum absolute atomic E-state index is 0.0259. The molecule has 0 saturated heterocycles. The highest BCUT2D eigenvalue weighted by atomic mass is 19.4. The van der Waals surface area contributed by atoms with E-state index in [0.717, 1.165) is 25.0 Å². The molecule has 1 aliphatic carbocycles. The zero-order chi connectivity index (χ0) is 19.9. The first-order chi connectivity index (χ1) is 12.6. The molecule has 1 fully saturated rings. The average Bonchev–Trinajstić information content (AvgIpc) is 3.44. The van der Waals surface area contributed by atoms with Gasteiger partial charge in [-0.2, -0.15) is 18.3 Å². The summed E-state index contributed by atoms with van der Waals surface area (Å²) in [7, 11) is 1.61. The lowest BCUT2D eigenvalue weighted by molar-refractivity contribution is -0.137. The monoisotopic (exact) mass is 379 g/mol. The Morgan fingerprint density at radius 1 is 1.30 bits per heavy atom. The second-order valence-corrected chi connectivity index (χ2v) is 6.95. The standard InChI is InChI=1S/C19H20F3N3O2/c1-11-9-16(26)17(18(27)24(3)12(2)13-7-8-13)23-25(11)15-6-4-5-14(10-15)19(20,21)22/h4-6,9-10,12-13H,7-8H2,1-3H3. The van der Waals surface area contributed by atoms with Gasteiger partial charge in [0, 0.05) is 24.8 Å². The van der Waals surface area contributed by atoms with Gasteiger partial charge < -0.3 is 4.90 Å². The molecule has 1 heterocycles. The van der Waals surface area contributed by atoms with Crippen LogP contribution in [0.25, 0.3) is 5.69 Å². The third kappa shape index (κ3) is 3.89. The van der Waals surface area contributed by atoms with Crippen LogP contribution < -0.4 is 5.43 Å². The molecular formula is C19H20F3N3O2. The first-order valence-corrected chi connectivity index (χ1v) is 8.65. The van der Waals surface area contributed by atoms with Crippen LogP contribution in [-0.4, -0.2) is 33.7 Å². The Balaban J connectivity index is 2.02. The van der Waals surface area contributed by atoms with Gasteiger partial charge in [-0.25, -0.2) is 4.68 Å². The summed E-state index contributed by atoms with van der Waals surface area (Å²) >= 11 is 0. The molecule has 0 spiro atoms. The van der Waals surface area contributed by atoms with Crippen molar-refractivity contribution in [3.63, 3.8) is 0 Å². The second kappa shape index (κ2) is 6.83. The molecule has 1 atom stereocenters. The van der Waals surface area contributed by atoms with E-state index in [9.17, 15) is 22.8 Å². The number of carbonyl (C=O) groups excluding carboxylic acids is 1. The number of halogens is 3. The van der Waals surface area contributed by atoms with Crippen LogP contribution in [0.1, 0.15) is 41.5 Å². The Morgan fingerprint density at radius 3 is 2.56 bits per heavy atom. The normalized spacial score (nSPS) is 15.5. The van der Waals surface area contributed by atoms with Crippen molar-refractivity contribution in [2.24, 2.45) is 5.92 Å². The van der Waals surface area contributed by atoms with Crippen molar-refractivity contribution in [1.82, 2.24) is 14.7 Å². The summed E-state index contributed by atoms with van der Waals surface area (Å²) in [5.74, 6) is -0.116. The summed E-state index contributed by atoms with van der Waals surface area (Å²) in [6, 6.07) is 5.80. The minimum atomic E-state index is -4.50. The van der Waals surface area contributed by atoms with E-state index in [4.69, 9.17) is 0 Å². The maximum Gasteiger partial charge on any atom is 0.416 e. The molecular weight excluding hydrogens is 359 g/mol. The van der Waals surface area contributed by atoms with Gasteiger partial charge in [0.2, 0.25) is 5.43 Å². The molecule has 3 rings (SSSR count). The smallest absolute Gasteiger partial charge is 0.337 e. The topological polar surface area (TPSA) is 55.2 Å². The number of amides is 1. The second-order valence-electron chi connectivity index (χ2n) is 6.95. The number of nitrogens with zero attached hydrogens (tertiary/aromatic N) is 3. The first-order valence-electron chi connectivity index (χ1n) is 8.65. The van der Waals surface area contributed by atoms with Gasteiger partial charge in [0.1, 0.15) is 0 Å². The molecule has 8 heteroatoms. The SMILES string of the molecule is Cc1cc(=O)c(C(=O)N(C)C(C)C2CC2)nn1-c1cccc(C(F)(F)F)c1. The van der Waals surface area contributed by atoms with Crippen LogP contribution >= 0.6 is 0 Å². The maximum absolute atomic E-state index is 13.0. The number of aryl methyl sites for hydroxylation is 1. The summed E-state index contributed by atoms with van der Waals surface area (Å²) in [5.41, 5.74) is -1.20. The summed E-state index contributed by atoms with van der Waals surface area (Å²) in [4.78, 5) is 26.5. The van der Waals surface area contributed by atoms with E-state index in [1.165, 1.54) is 27.8 Å². The molecule has 1 amide bonds. The number of rotatable bonds is 4. The number of alkyl halides is 3. The van der Waals surface area contributed by atoms with Crippen molar-refractivity contribution in [1.29, 1.82) is 0 Å². The molecule has 2 aromatic rings. The van der Waals surface area contributed by atoms with Crippen molar-refractivity contribution in [3.8, 4) is 5.69 Å². The van der Waals surface area contributed by atoms with Gasteiger partial charge in [-0.15, -0.1) is 0 Å². The van der Waals surface area contributed by atoms with Crippen molar-refractivity contribution in [2.75, 3.05) is 7.05 Å². The molecule has 0 N–H and O–H groups in total. The molecule has 1 aromatic heterocycles. The van der Waals surface area contributed by atoms with Gasteiger partial charge in [0.05, 0.1) is 11.3 Å². The van der Waals surface area contributed by atoms with Crippen LogP contribution in [0, 0.1) is 12.8 Å². The Labute approximate surface area is 154 Å². The van der Waals surface area contributed by atoms with Crippen molar-refractivity contribution >= 4 is 5.91 Å². The molecule has 1 aliphatic rings. The fourth-order valence-corrected chi connectivity index (χ4v) is 3.02. The lowest BCUT2D eigenvalue weighted by Crippen LogP contribution is -2.40. The predicted octanol–water partition coefficient (Wildman–Crippen LogP) is 3.43. The molecule has 1 unspecified atom stereocenters. The zero-order valence-corrected chi connectivity index (χ0v) is 15.2. The zero-order valence-electron chi connectivity index (χ0n) is 15.2. The Hall–Kier alpha value is -2.64. The number of hydrogen-bond donors (Lipinski definition) is 0. The van der Waals surface area contributed by atoms with Crippen LogP contribution in [0.3, 0.4) is 0 Å². The van der Waals surface area contributed by atoms with E-state index < -0.39 is 23.1 Å². The van der Waals surface area contributed by atoms with E-state index in [0.29, 0.717) is 11.6 Å². The molecule has 1 saturated carbocycles. The number of aromatic nitrogens is 2. The van der Waals surface area contributed by atoms with Crippen LogP contribution in [0.5, 0.6) is 0 Å². The van der Waals surface area contributed by atoms with Crippen molar-refractivity contribution < 1.29 is 18.0 Å². The molecule has 0 aliphatic heterocycles. The third-order valence-corrected chi connectivity index (χ3v) is 4.96. The lowest BCUT2D eigenvalue weighted by Gasteiger charge is -2.24. The molecule has 0 radical (unpaired) electrons. The highest BCUT2D eigenvalue weighted by molar-refractivity contribution is 5.92. The maximum atomic E-state index is 13.0. The van der Waals surface area contributed by atoms with Crippen LogP contribution in [0.15, 0.2) is 35.1 Å². The largest absolute Gasteiger partial charge is 0.416 e. The first kappa shape index (κ1) is 19.1. The molecule has 0 bridgehead atoms. The quantitative estimate of drug-likeness (QED) is 0.818. The van der Waals surface area contributed by atoms with Crippen LogP contribution in [0.2, 0.25) is 0 Å². The van der Waals surface area contributed by atoms with Gasteiger partial charge in [-0.3, -0.25) is 9.59 Å². The summed E-state index contributed by atoms with van der Waals surface area (Å²) in [6.45, 7) is 3.47. The van der Waals surface area contributed by atoms with Gasteiger partial charge in [-0.1, -0.05) is 6.07 Å². The Bertz CT molecular complexity index is 933. The van der Waals surface area contributed by atoms with E-state index in [-0.39, 0.29) is 17.4 Å². The third-order valence-electron chi connectivity index (χ3n) is 4.96. The highest BCUT2D eigenvalue weighted by Gasteiger charge is 2.34. The molecule has 1 aromatic carbocycles. The minimum Gasteiger partial charge on any atom is -0.337 e. The van der Waals surface area contributed by atoms with Crippen LogP contribution in [0.4, 0.5) is 13.2 Å². The Morgan fingerprint density at radius 2 is 1.96 bits per heavy atom. The van der Waals surface area contributed by atoms with Crippen molar-refractivity contribution in [2.45, 2.75) is 38.9 Å². The summed E-state index contributed by atoms with van der Waals surface area (Å²) in [5, 5.41) is 4.09. The predicted molar refractivity (Wildman–Crippen MR) is 93.9 cm³/mol. The van der Waals surface area contributed by atoms with Gasteiger partial charge in [-0.05, 0) is 50.8 Å². The van der Waals surface area contributed by atoms with Gasteiger partial charge in [0.15, 0.2) is 5.69 Å². The fraction of sp³-hybridized carbons (Fsp3) is 0.421. The fourth-order valence-electron chi connectivity index (χ4n) is 3.02. The molecule has 27 heavy (non-hydrogen) atoms. The summed E-state index contributed by atoms with van der Waals surface area (Å²) < 4.78 is 40.2. The average molecular weight is 379 g/mol.